The maximum Gasteiger partial charge on any atom is 0.341 e. The number of aromatic nitrogens is 2. The molecule has 0 unspecified atom stereocenters. The van der Waals surface area contributed by atoms with E-state index in [1.54, 1.807) is 17.7 Å². The zero-order valence-corrected chi connectivity index (χ0v) is 19.9. The quantitative estimate of drug-likeness (QED) is 0.309. The molecule has 2 heterocycles. The van der Waals surface area contributed by atoms with Gasteiger partial charge in [0.25, 0.3) is 11.6 Å². The van der Waals surface area contributed by atoms with E-state index >= 15 is 0 Å². The van der Waals surface area contributed by atoms with Gasteiger partial charge in [-0.2, -0.15) is 5.10 Å². The number of esters is 1. The topological polar surface area (TPSA) is 120 Å². The second-order valence-corrected chi connectivity index (χ2v) is 8.57. The molecule has 0 bridgehead atoms. The Morgan fingerprint density at radius 2 is 1.77 bits per heavy atom. The molecule has 1 aliphatic heterocycles. The van der Waals surface area contributed by atoms with Crippen molar-refractivity contribution < 1.29 is 19.2 Å². The van der Waals surface area contributed by atoms with Crippen LogP contribution in [0.25, 0.3) is 5.69 Å². The Hall–Kier alpha value is -4.21. The number of carbonyl (C=O) groups is 2. The zero-order valence-electron chi connectivity index (χ0n) is 19.9. The molecule has 0 saturated carbocycles. The summed E-state index contributed by atoms with van der Waals surface area (Å²) in [5.74, 6) is -1.31. The Labute approximate surface area is 202 Å². The Kier molecular flexibility index (Phi) is 6.81. The van der Waals surface area contributed by atoms with Gasteiger partial charge < -0.3 is 15.0 Å². The van der Waals surface area contributed by atoms with Gasteiger partial charge in [0.2, 0.25) is 0 Å². The summed E-state index contributed by atoms with van der Waals surface area (Å²) >= 11 is 0. The SMILES string of the molecule is Cc1ccc(-n2nc(C)c(NC(=O)COC(=O)c3cc([N+](=O)[O-])ccc3N3CCCC3)c2C)cc1. The molecule has 1 N–H and O–H groups in total. The van der Waals surface area contributed by atoms with Crippen LogP contribution in [0.2, 0.25) is 0 Å². The van der Waals surface area contributed by atoms with Gasteiger partial charge in [-0.3, -0.25) is 14.9 Å². The van der Waals surface area contributed by atoms with Crippen molar-refractivity contribution in [2.24, 2.45) is 0 Å². The first-order valence-corrected chi connectivity index (χ1v) is 11.4. The summed E-state index contributed by atoms with van der Waals surface area (Å²) in [5, 5.41) is 18.5. The molecule has 0 aliphatic carbocycles. The van der Waals surface area contributed by atoms with Crippen molar-refractivity contribution in [2.75, 3.05) is 29.9 Å². The number of nitro groups is 1. The zero-order chi connectivity index (χ0) is 25.1. The first-order valence-electron chi connectivity index (χ1n) is 11.4. The Morgan fingerprint density at radius 1 is 1.09 bits per heavy atom. The van der Waals surface area contributed by atoms with Gasteiger partial charge in [-0.25, -0.2) is 9.48 Å². The Balaban J connectivity index is 1.47. The minimum Gasteiger partial charge on any atom is -0.452 e. The number of aryl methyl sites for hydroxylation is 2. The molecule has 0 spiro atoms. The van der Waals surface area contributed by atoms with Crippen molar-refractivity contribution >= 4 is 28.9 Å². The van der Waals surface area contributed by atoms with Crippen LogP contribution in [0.5, 0.6) is 0 Å². The lowest BCUT2D eigenvalue weighted by Crippen LogP contribution is -2.24. The molecule has 0 radical (unpaired) electrons. The third-order valence-electron chi connectivity index (χ3n) is 6.03. The number of amides is 1. The van der Waals surface area contributed by atoms with Crippen LogP contribution in [0, 0.1) is 30.9 Å². The molecule has 1 amide bonds. The van der Waals surface area contributed by atoms with Crippen molar-refractivity contribution in [2.45, 2.75) is 33.6 Å². The van der Waals surface area contributed by atoms with E-state index in [0.717, 1.165) is 42.9 Å². The number of nitrogens with zero attached hydrogens (tertiary/aromatic N) is 4. The molecule has 3 aromatic rings. The van der Waals surface area contributed by atoms with Gasteiger partial charge in [0.05, 0.1) is 38.9 Å². The molecule has 35 heavy (non-hydrogen) atoms. The molecule has 182 valence electrons. The second-order valence-electron chi connectivity index (χ2n) is 8.57. The van der Waals surface area contributed by atoms with E-state index in [1.165, 1.54) is 12.1 Å². The van der Waals surface area contributed by atoms with E-state index in [1.807, 2.05) is 43.0 Å². The molecular formula is C25H27N5O5. The van der Waals surface area contributed by atoms with Gasteiger partial charge in [0.15, 0.2) is 6.61 Å². The smallest absolute Gasteiger partial charge is 0.341 e. The molecule has 1 aliphatic rings. The lowest BCUT2D eigenvalue weighted by Gasteiger charge is -2.20. The van der Waals surface area contributed by atoms with Crippen molar-refractivity contribution in [1.29, 1.82) is 0 Å². The van der Waals surface area contributed by atoms with Gasteiger partial charge in [-0.15, -0.1) is 0 Å². The number of rotatable bonds is 7. The number of ether oxygens (including phenoxy) is 1. The summed E-state index contributed by atoms with van der Waals surface area (Å²) in [5.41, 5.74) is 4.33. The van der Waals surface area contributed by atoms with Gasteiger partial charge in [0, 0.05) is 25.2 Å². The van der Waals surface area contributed by atoms with E-state index in [-0.39, 0.29) is 11.3 Å². The Morgan fingerprint density at radius 3 is 2.43 bits per heavy atom. The van der Waals surface area contributed by atoms with Crippen LogP contribution in [0.1, 0.15) is 40.2 Å². The van der Waals surface area contributed by atoms with Crippen LogP contribution in [0.3, 0.4) is 0 Å². The number of anilines is 2. The molecule has 2 aromatic carbocycles. The van der Waals surface area contributed by atoms with Gasteiger partial charge in [-0.1, -0.05) is 17.7 Å². The highest BCUT2D eigenvalue weighted by molar-refractivity contribution is 5.99. The first-order chi connectivity index (χ1) is 16.7. The number of nitrogens with one attached hydrogen (secondary N) is 1. The minimum absolute atomic E-state index is 0.0773. The molecular weight excluding hydrogens is 450 g/mol. The summed E-state index contributed by atoms with van der Waals surface area (Å²) in [6, 6.07) is 12.0. The fourth-order valence-electron chi connectivity index (χ4n) is 4.18. The third-order valence-corrected chi connectivity index (χ3v) is 6.03. The van der Waals surface area contributed by atoms with E-state index < -0.39 is 23.4 Å². The molecule has 10 nitrogen and oxygen atoms in total. The van der Waals surface area contributed by atoms with Crippen LogP contribution >= 0.6 is 0 Å². The lowest BCUT2D eigenvalue weighted by molar-refractivity contribution is -0.384. The number of nitro benzene ring substituents is 1. The van der Waals surface area contributed by atoms with Gasteiger partial charge in [-0.05, 0) is 51.8 Å². The summed E-state index contributed by atoms with van der Waals surface area (Å²) in [6.07, 6.45) is 1.95. The van der Waals surface area contributed by atoms with Gasteiger partial charge >= 0.3 is 5.97 Å². The summed E-state index contributed by atoms with van der Waals surface area (Å²) in [6.45, 7) is 6.59. The predicted octanol–water partition coefficient (Wildman–Crippen LogP) is 4.10. The second kappa shape index (κ2) is 9.96. The highest BCUT2D eigenvalue weighted by Gasteiger charge is 2.24. The van der Waals surface area contributed by atoms with E-state index in [0.29, 0.717) is 17.1 Å². The fraction of sp³-hybridized carbons (Fsp3) is 0.320. The third kappa shape index (κ3) is 5.16. The van der Waals surface area contributed by atoms with Crippen molar-refractivity contribution in [1.82, 2.24) is 9.78 Å². The molecule has 1 aromatic heterocycles. The van der Waals surface area contributed by atoms with Crippen LogP contribution in [0.4, 0.5) is 17.1 Å². The van der Waals surface area contributed by atoms with Crippen molar-refractivity contribution in [3.8, 4) is 5.69 Å². The maximum atomic E-state index is 12.8. The van der Waals surface area contributed by atoms with Crippen LogP contribution in [-0.4, -0.2) is 46.3 Å². The normalized spacial score (nSPS) is 13.1. The number of hydrogen-bond acceptors (Lipinski definition) is 7. The van der Waals surface area contributed by atoms with E-state index in [9.17, 15) is 19.7 Å². The average Bonchev–Trinajstić information content (AvgIpc) is 3.47. The molecule has 10 heteroatoms. The van der Waals surface area contributed by atoms with Crippen LogP contribution in [-0.2, 0) is 9.53 Å². The minimum atomic E-state index is -0.783. The summed E-state index contributed by atoms with van der Waals surface area (Å²) < 4.78 is 6.99. The lowest BCUT2D eigenvalue weighted by atomic mass is 10.1. The fourth-order valence-corrected chi connectivity index (χ4v) is 4.18. The summed E-state index contributed by atoms with van der Waals surface area (Å²) in [4.78, 5) is 38.1. The molecule has 0 atom stereocenters. The highest BCUT2D eigenvalue weighted by atomic mass is 16.6. The largest absolute Gasteiger partial charge is 0.452 e. The maximum absolute atomic E-state index is 12.8. The first kappa shape index (κ1) is 23.9. The Bertz CT molecular complexity index is 1280. The number of carbonyl (C=O) groups excluding carboxylic acids is 2. The molecule has 1 saturated heterocycles. The standard InChI is InChI=1S/C25H27N5O5/c1-16-6-8-19(9-7-16)29-18(3)24(17(2)27-29)26-23(31)15-35-25(32)21-14-20(30(33)34)10-11-22(21)28-12-4-5-13-28/h6-11,14H,4-5,12-13,15H2,1-3H3,(H,26,31). The van der Waals surface area contributed by atoms with E-state index in [4.69, 9.17) is 4.74 Å². The van der Waals surface area contributed by atoms with E-state index in [2.05, 4.69) is 10.4 Å². The van der Waals surface area contributed by atoms with Gasteiger partial charge in [0.1, 0.15) is 0 Å². The van der Waals surface area contributed by atoms with Crippen LogP contribution in [0.15, 0.2) is 42.5 Å². The number of non-ortho nitro benzene ring substituents is 1. The molecule has 4 rings (SSSR count). The number of benzene rings is 2. The van der Waals surface area contributed by atoms with Crippen molar-refractivity contribution in [3.63, 3.8) is 0 Å². The molecule has 1 fully saturated rings. The highest BCUT2D eigenvalue weighted by Crippen LogP contribution is 2.29. The summed E-state index contributed by atoms with van der Waals surface area (Å²) in [7, 11) is 0. The monoisotopic (exact) mass is 477 g/mol. The average molecular weight is 478 g/mol. The van der Waals surface area contributed by atoms with Crippen LogP contribution < -0.4 is 10.2 Å². The number of hydrogen-bond donors (Lipinski definition) is 1. The van der Waals surface area contributed by atoms with Crippen molar-refractivity contribution in [3.05, 3.63) is 75.1 Å². The predicted molar refractivity (Wildman–Crippen MR) is 131 cm³/mol.